The third kappa shape index (κ3) is 2.79. The van der Waals surface area contributed by atoms with Crippen LogP contribution < -0.4 is 0 Å². The molecule has 0 aromatic rings. The molecule has 1 unspecified atom stereocenters. The highest BCUT2D eigenvalue weighted by molar-refractivity contribution is 7.79. The number of halogens is 2. The van der Waals surface area contributed by atoms with Gasteiger partial charge in [-0.05, 0) is 0 Å². The van der Waals surface area contributed by atoms with Gasteiger partial charge in [0.15, 0.2) is 11.1 Å². The average molecular weight is 200 g/mol. The lowest BCUT2D eigenvalue weighted by Gasteiger charge is -2.31. The summed E-state index contributed by atoms with van der Waals surface area (Å²) in [6.45, 7) is 3.96. The molecule has 0 saturated heterocycles. The van der Waals surface area contributed by atoms with E-state index in [2.05, 4.69) is 0 Å². The van der Waals surface area contributed by atoms with Crippen LogP contribution in [0.2, 0.25) is 0 Å². The van der Waals surface area contributed by atoms with Gasteiger partial charge in [-0.2, -0.15) is 0 Å². The standard InChI is InChI=1S/C7H14F2O2S/c1-4-7(8,9)6(2,3)5-12(10)11/h4-5H2,1-3H3,(H,10,11). The van der Waals surface area contributed by atoms with E-state index in [1.165, 1.54) is 20.8 Å². The number of hydrogen-bond acceptors (Lipinski definition) is 1. The van der Waals surface area contributed by atoms with E-state index >= 15 is 0 Å². The highest BCUT2D eigenvalue weighted by Crippen LogP contribution is 2.39. The first-order valence-electron chi connectivity index (χ1n) is 3.68. The molecule has 0 amide bonds. The van der Waals surface area contributed by atoms with Crippen molar-refractivity contribution in [3.05, 3.63) is 0 Å². The zero-order chi connectivity index (χ0) is 9.99. The van der Waals surface area contributed by atoms with Crippen LogP contribution in [0.25, 0.3) is 0 Å². The Balaban J connectivity index is 4.48. The highest BCUT2D eigenvalue weighted by atomic mass is 32.2. The fraction of sp³-hybridized carbons (Fsp3) is 1.00. The van der Waals surface area contributed by atoms with Crippen molar-refractivity contribution in [2.45, 2.75) is 33.1 Å². The van der Waals surface area contributed by atoms with Crippen LogP contribution in [-0.4, -0.2) is 20.4 Å². The van der Waals surface area contributed by atoms with E-state index in [0.717, 1.165) is 0 Å². The first-order chi connectivity index (χ1) is 5.23. The molecule has 0 aliphatic rings. The summed E-state index contributed by atoms with van der Waals surface area (Å²) < 4.78 is 44.9. The van der Waals surface area contributed by atoms with Crippen LogP contribution in [-0.2, 0) is 11.1 Å². The second kappa shape index (κ2) is 3.79. The van der Waals surface area contributed by atoms with E-state index in [-0.39, 0.29) is 6.42 Å². The van der Waals surface area contributed by atoms with E-state index in [0.29, 0.717) is 0 Å². The molecule has 0 saturated carbocycles. The fourth-order valence-electron chi connectivity index (χ4n) is 0.893. The molecular weight excluding hydrogens is 186 g/mol. The first-order valence-corrected chi connectivity index (χ1v) is 4.96. The maximum absolute atomic E-state index is 13.0. The van der Waals surface area contributed by atoms with Crippen LogP contribution >= 0.6 is 0 Å². The Morgan fingerprint density at radius 1 is 1.42 bits per heavy atom. The third-order valence-electron chi connectivity index (χ3n) is 1.92. The largest absolute Gasteiger partial charge is 0.306 e. The smallest absolute Gasteiger partial charge is 0.253 e. The van der Waals surface area contributed by atoms with Gasteiger partial charge in [0.05, 0.1) is 5.75 Å². The SMILES string of the molecule is CCC(F)(F)C(C)(C)CS(=O)O. The molecular formula is C7H14F2O2S. The summed E-state index contributed by atoms with van der Waals surface area (Å²) in [5.41, 5.74) is -1.42. The summed E-state index contributed by atoms with van der Waals surface area (Å²) in [5, 5.41) is 0. The molecule has 0 aromatic carbocycles. The van der Waals surface area contributed by atoms with Gasteiger partial charge in [-0.25, -0.2) is 13.0 Å². The minimum atomic E-state index is -2.88. The Morgan fingerprint density at radius 2 is 1.83 bits per heavy atom. The lowest BCUT2D eigenvalue weighted by atomic mass is 9.86. The molecule has 0 rings (SSSR count). The maximum Gasteiger partial charge on any atom is 0.253 e. The molecule has 0 aromatic heterocycles. The minimum Gasteiger partial charge on any atom is -0.306 e. The Morgan fingerprint density at radius 3 is 2.08 bits per heavy atom. The van der Waals surface area contributed by atoms with E-state index < -0.39 is 28.2 Å². The molecule has 1 N–H and O–H groups in total. The van der Waals surface area contributed by atoms with Crippen molar-refractivity contribution in [1.29, 1.82) is 0 Å². The normalized spacial score (nSPS) is 16.2. The molecule has 0 bridgehead atoms. The first kappa shape index (κ1) is 12.0. The molecule has 5 heteroatoms. The molecule has 0 aliphatic heterocycles. The van der Waals surface area contributed by atoms with Gasteiger partial charge in [0.1, 0.15) is 0 Å². The van der Waals surface area contributed by atoms with Gasteiger partial charge >= 0.3 is 0 Å². The van der Waals surface area contributed by atoms with Gasteiger partial charge in [0, 0.05) is 11.8 Å². The summed E-state index contributed by atoms with van der Waals surface area (Å²) >= 11 is -2.16. The van der Waals surface area contributed by atoms with Gasteiger partial charge in [-0.1, -0.05) is 20.8 Å². The molecule has 74 valence electrons. The number of alkyl halides is 2. The molecule has 2 nitrogen and oxygen atoms in total. The molecule has 0 aliphatic carbocycles. The van der Waals surface area contributed by atoms with Crippen molar-refractivity contribution in [2.75, 3.05) is 5.75 Å². The summed E-state index contributed by atoms with van der Waals surface area (Å²) in [4.78, 5) is 0. The van der Waals surface area contributed by atoms with Crippen LogP contribution in [0.4, 0.5) is 8.78 Å². The third-order valence-corrected chi connectivity index (χ3v) is 2.89. The fourth-order valence-corrected chi connectivity index (χ4v) is 1.72. The van der Waals surface area contributed by atoms with Crippen LogP contribution in [0.3, 0.4) is 0 Å². The van der Waals surface area contributed by atoms with Crippen LogP contribution in [0, 0.1) is 5.41 Å². The number of hydrogen-bond donors (Lipinski definition) is 1. The van der Waals surface area contributed by atoms with E-state index in [9.17, 15) is 13.0 Å². The van der Waals surface area contributed by atoms with Gasteiger partial charge < -0.3 is 4.55 Å². The summed E-state index contributed by atoms with van der Waals surface area (Å²) in [6, 6.07) is 0. The predicted molar refractivity (Wildman–Crippen MR) is 44.7 cm³/mol. The van der Waals surface area contributed by atoms with Gasteiger partial charge in [0.25, 0.3) is 5.92 Å². The zero-order valence-corrected chi connectivity index (χ0v) is 8.25. The van der Waals surface area contributed by atoms with Gasteiger partial charge in [-0.3, -0.25) is 0 Å². The van der Waals surface area contributed by atoms with Crippen molar-refractivity contribution in [1.82, 2.24) is 0 Å². The number of rotatable bonds is 4. The Kier molecular flexibility index (Phi) is 3.78. The lowest BCUT2D eigenvalue weighted by Crippen LogP contribution is -2.40. The minimum absolute atomic E-state index is 0.308. The molecule has 0 fully saturated rings. The Bertz CT molecular complexity index is 180. The van der Waals surface area contributed by atoms with Crippen molar-refractivity contribution < 1.29 is 17.5 Å². The van der Waals surface area contributed by atoms with Gasteiger partial charge in [-0.15, -0.1) is 0 Å². The molecule has 0 radical (unpaired) electrons. The monoisotopic (exact) mass is 200 g/mol. The van der Waals surface area contributed by atoms with Crippen molar-refractivity contribution in [2.24, 2.45) is 5.41 Å². The van der Waals surface area contributed by atoms with Crippen molar-refractivity contribution in [3.63, 3.8) is 0 Å². The van der Waals surface area contributed by atoms with E-state index in [4.69, 9.17) is 4.55 Å². The predicted octanol–water partition coefficient (Wildman–Crippen LogP) is 2.28. The molecule has 0 spiro atoms. The van der Waals surface area contributed by atoms with E-state index in [1.54, 1.807) is 0 Å². The lowest BCUT2D eigenvalue weighted by molar-refractivity contribution is -0.0969. The van der Waals surface area contributed by atoms with Crippen LogP contribution in [0.1, 0.15) is 27.2 Å². The van der Waals surface area contributed by atoms with Crippen LogP contribution in [0.5, 0.6) is 0 Å². The van der Waals surface area contributed by atoms with Crippen molar-refractivity contribution in [3.8, 4) is 0 Å². The van der Waals surface area contributed by atoms with Crippen molar-refractivity contribution >= 4 is 11.1 Å². The quantitative estimate of drug-likeness (QED) is 0.707. The topological polar surface area (TPSA) is 37.3 Å². The second-order valence-corrected chi connectivity index (χ2v) is 4.34. The summed E-state index contributed by atoms with van der Waals surface area (Å²) in [5.74, 6) is -3.28. The van der Waals surface area contributed by atoms with Crippen LogP contribution in [0.15, 0.2) is 0 Å². The highest BCUT2D eigenvalue weighted by Gasteiger charge is 2.45. The summed E-state index contributed by atoms with van der Waals surface area (Å²) in [6.07, 6.45) is -0.308. The second-order valence-electron chi connectivity index (χ2n) is 3.41. The Hall–Kier alpha value is -0.0300. The average Bonchev–Trinajstić information content (AvgIpc) is 1.84. The van der Waals surface area contributed by atoms with Gasteiger partial charge in [0.2, 0.25) is 0 Å². The van der Waals surface area contributed by atoms with E-state index in [1.807, 2.05) is 0 Å². The molecule has 0 heterocycles. The molecule has 12 heavy (non-hydrogen) atoms. The summed E-state index contributed by atoms with van der Waals surface area (Å²) in [7, 11) is 0. The zero-order valence-electron chi connectivity index (χ0n) is 7.43. The Labute approximate surface area is 73.6 Å². The maximum atomic E-state index is 13.0. The molecule has 1 atom stereocenters.